The highest BCUT2D eigenvalue weighted by molar-refractivity contribution is 6.31. The molecule has 116 valence electrons. The molecule has 1 atom stereocenters. The Morgan fingerprint density at radius 1 is 1.29 bits per heavy atom. The number of quaternary nitrogens is 1. The van der Waals surface area contributed by atoms with Crippen molar-refractivity contribution in [2.45, 2.75) is 39.3 Å². The number of amides is 3. The molecular formula is C15H23ClN3O2+. The number of rotatable bonds is 4. The van der Waals surface area contributed by atoms with Crippen LogP contribution < -0.4 is 16.0 Å². The summed E-state index contributed by atoms with van der Waals surface area (Å²) in [6, 6.07) is 7.07. The molecule has 0 aromatic heterocycles. The van der Waals surface area contributed by atoms with E-state index in [1.165, 1.54) is 0 Å². The van der Waals surface area contributed by atoms with Crippen molar-refractivity contribution in [1.82, 2.24) is 10.6 Å². The third kappa shape index (κ3) is 6.60. The number of halogens is 1. The van der Waals surface area contributed by atoms with Crippen LogP contribution >= 0.6 is 11.6 Å². The fourth-order valence-electron chi connectivity index (χ4n) is 1.80. The van der Waals surface area contributed by atoms with Gasteiger partial charge in [0.05, 0.1) is 0 Å². The van der Waals surface area contributed by atoms with Crippen LogP contribution in [-0.4, -0.2) is 24.0 Å². The van der Waals surface area contributed by atoms with E-state index in [2.05, 4.69) is 10.6 Å². The lowest BCUT2D eigenvalue weighted by Crippen LogP contribution is -2.87. The monoisotopic (exact) mass is 312 g/mol. The average molecular weight is 313 g/mol. The number of nitrogens with one attached hydrogen (secondary N) is 2. The van der Waals surface area contributed by atoms with Crippen molar-refractivity contribution in [1.29, 1.82) is 0 Å². The summed E-state index contributed by atoms with van der Waals surface area (Å²) in [4.78, 5) is 23.3. The minimum Gasteiger partial charge on any atom is -0.333 e. The molecule has 0 saturated heterocycles. The Hall–Kier alpha value is -1.59. The molecule has 0 aliphatic heterocycles. The summed E-state index contributed by atoms with van der Waals surface area (Å²) >= 11 is 6.11. The first-order chi connectivity index (χ1) is 9.69. The van der Waals surface area contributed by atoms with Crippen molar-refractivity contribution >= 4 is 23.5 Å². The van der Waals surface area contributed by atoms with Gasteiger partial charge in [0.15, 0.2) is 6.54 Å². The topological polar surface area (TPSA) is 74.8 Å². The van der Waals surface area contributed by atoms with Crippen molar-refractivity contribution in [3.63, 3.8) is 0 Å². The third-order valence-corrected chi connectivity index (χ3v) is 3.14. The normalized spacial score (nSPS) is 12.6. The molecule has 4 N–H and O–H groups in total. The van der Waals surface area contributed by atoms with Crippen molar-refractivity contribution < 1.29 is 14.9 Å². The van der Waals surface area contributed by atoms with E-state index in [1.54, 1.807) is 0 Å². The second-order valence-corrected chi connectivity index (χ2v) is 6.41. The summed E-state index contributed by atoms with van der Waals surface area (Å²) in [5, 5.41) is 7.48. The van der Waals surface area contributed by atoms with E-state index in [1.807, 2.05) is 57.3 Å². The number of nitrogens with two attached hydrogens (primary N) is 1. The smallest absolute Gasteiger partial charge is 0.322 e. The lowest BCUT2D eigenvalue weighted by atomic mass is 10.1. The first kappa shape index (κ1) is 17.5. The van der Waals surface area contributed by atoms with E-state index in [-0.39, 0.29) is 24.0 Å². The SMILES string of the molecule is C[C@@H]([NH2+]CC(=O)NC(=O)NC(C)(C)C)c1ccccc1Cl. The summed E-state index contributed by atoms with van der Waals surface area (Å²) in [5.74, 6) is -0.337. The van der Waals surface area contributed by atoms with E-state index in [0.717, 1.165) is 5.56 Å². The molecule has 21 heavy (non-hydrogen) atoms. The Morgan fingerprint density at radius 2 is 1.90 bits per heavy atom. The van der Waals surface area contributed by atoms with Crippen LogP contribution in [0.3, 0.4) is 0 Å². The summed E-state index contributed by atoms with van der Waals surface area (Å²) < 4.78 is 0. The van der Waals surface area contributed by atoms with Gasteiger partial charge in [-0.25, -0.2) is 4.79 Å². The minimum absolute atomic E-state index is 0.0372. The van der Waals surface area contributed by atoms with E-state index >= 15 is 0 Å². The summed E-state index contributed by atoms with van der Waals surface area (Å²) in [6.07, 6.45) is 0. The van der Waals surface area contributed by atoms with E-state index in [4.69, 9.17) is 11.6 Å². The van der Waals surface area contributed by atoms with Gasteiger partial charge in [-0.15, -0.1) is 0 Å². The first-order valence-corrected chi connectivity index (χ1v) is 7.26. The van der Waals surface area contributed by atoms with Gasteiger partial charge in [-0.3, -0.25) is 10.1 Å². The van der Waals surface area contributed by atoms with Gasteiger partial charge in [0, 0.05) is 16.1 Å². The molecule has 0 spiro atoms. The highest BCUT2D eigenvalue weighted by Crippen LogP contribution is 2.19. The van der Waals surface area contributed by atoms with Gasteiger partial charge >= 0.3 is 6.03 Å². The quantitative estimate of drug-likeness (QED) is 0.790. The molecule has 0 aliphatic carbocycles. The molecule has 1 rings (SSSR count). The number of urea groups is 1. The van der Waals surface area contributed by atoms with Crippen molar-refractivity contribution in [2.75, 3.05) is 6.54 Å². The molecule has 0 unspecified atom stereocenters. The second-order valence-electron chi connectivity index (χ2n) is 6.00. The maximum Gasteiger partial charge on any atom is 0.322 e. The van der Waals surface area contributed by atoms with Crippen LogP contribution in [0.25, 0.3) is 0 Å². The van der Waals surface area contributed by atoms with E-state index in [0.29, 0.717) is 5.02 Å². The van der Waals surface area contributed by atoms with Gasteiger partial charge in [0.1, 0.15) is 6.04 Å². The maximum absolute atomic E-state index is 11.7. The zero-order valence-corrected chi connectivity index (χ0v) is 13.6. The number of carbonyl (C=O) groups is 2. The highest BCUT2D eigenvalue weighted by atomic mass is 35.5. The first-order valence-electron chi connectivity index (χ1n) is 6.89. The number of hydrogen-bond acceptors (Lipinski definition) is 2. The molecule has 0 heterocycles. The van der Waals surface area contributed by atoms with E-state index < -0.39 is 6.03 Å². The Labute approximate surface area is 130 Å². The Balaban J connectivity index is 2.43. The minimum atomic E-state index is -0.480. The van der Waals surface area contributed by atoms with Crippen LogP contribution in [0.1, 0.15) is 39.3 Å². The Bertz CT molecular complexity index is 512. The molecule has 0 aliphatic rings. The molecule has 0 saturated carbocycles. The van der Waals surface area contributed by atoms with Crippen molar-refractivity contribution in [3.05, 3.63) is 34.9 Å². The predicted octanol–water partition coefficient (Wildman–Crippen LogP) is 1.59. The molecular weight excluding hydrogens is 290 g/mol. The Kier molecular flexibility index (Phi) is 6.18. The fourth-order valence-corrected chi connectivity index (χ4v) is 2.11. The highest BCUT2D eigenvalue weighted by Gasteiger charge is 2.18. The second kappa shape index (κ2) is 7.43. The molecule has 0 bridgehead atoms. The van der Waals surface area contributed by atoms with Crippen molar-refractivity contribution in [2.24, 2.45) is 0 Å². The van der Waals surface area contributed by atoms with Gasteiger partial charge in [-0.1, -0.05) is 29.8 Å². The van der Waals surface area contributed by atoms with Gasteiger partial charge in [-0.05, 0) is 33.8 Å². The molecule has 3 amide bonds. The van der Waals surface area contributed by atoms with Crippen molar-refractivity contribution in [3.8, 4) is 0 Å². The third-order valence-electron chi connectivity index (χ3n) is 2.79. The number of imide groups is 1. The average Bonchev–Trinajstić information content (AvgIpc) is 2.34. The van der Waals surface area contributed by atoms with Gasteiger partial charge in [0.25, 0.3) is 5.91 Å². The Morgan fingerprint density at radius 3 is 2.48 bits per heavy atom. The van der Waals surface area contributed by atoms with Crippen LogP contribution in [0.5, 0.6) is 0 Å². The zero-order chi connectivity index (χ0) is 16.0. The molecule has 5 nitrogen and oxygen atoms in total. The molecule has 1 aromatic carbocycles. The summed E-state index contributed by atoms with van der Waals surface area (Å²) in [5.41, 5.74) is 0.588. The largest absolute Gasteiger partial charge is 0.333 e. The van der Waals surface area contributed by atoms with Crippen LogP contribution in [0, 0.1) is 0 Å². The van der Waals surface area contributed by atoms with Gasteiger partial charge < -0.3 is 10.6 Å². The summed E-state index contributed by atoms with van der Waals surface area (Å²) in [7, 11) is 0. The van der Waals surface area contributed by atoms with Crippen LogP contribution in [0.4, 0.5) is 4.79 Å². The van der Waals surface area contributed by atoms with Crippen LogP contribution in [0.2, 0.25) is 5.02 Å². The number of hydrogen-bond donors (Lipinski definition) is 3. The molecule has 1 aromatic rings. The van der Waals surface area contributed by atoms with E-state index in [9.17, 15) is 9.59 Å². The zero-order valence-electron chi connectivity index (χ0n) is 12.9. The van der Waals surface area contributed by atoms with Crippen LogP contribution in [-0.2, 0) is 4.79 Å². The molecule has 0 fully saturated rings. The standard InChI is InChI=1S/C15H22ClN3O2/c1-10(11-7-5-6-8-12(11)16)17-9-13(20)18-14(21)19-15(2,3)4/h5-8,10,17H,9H2,1-4H3,(H2,18,19,20,21)/p+1/t10-/m1/s1. The van der Waals surface area contributed by atoms with Gasteiger partial charge in [-0.2, -0.15) is 0 Å². The van der Waals surface area contributed by atoms with Gasteiger partial charge in [0.2, 0.25) is 0 Å². The lowest BCUT2D eigenvalue weighted by molar-refractivity contribution is -0.682. The van der Waals surface area contributed by atoms with Crippen LogP contribution in [0.15, 0.2) is 24.3 Å². The molecule has 0 radical (unpaired) electrons. The number of carbonyl (C=O) groups excluding carboxylic acids is 2. The summed E-state index contributed by atoms with van der Waals surface area (Å²) in [6.45, 7) is 7.67. The molecule has 6 heteroatoms. The maximum atomic E-state index is 11.7. The predicted molar refractivity (Wildman–Crippen MR) is 83.1 cm³/mol. The lowest BCUT2D eigenvalue weighted by Gasteiger charge is -2.20. The number of benzene rings is 1. The fraction of sp³-hybridized carbons (Fsp3) is 0.467.